The summed E-state index contributed by atoms with van der Waals surface area (Å²) in [6.45, 7) is 6.52. The number of rotatable bonds is 8. The maximum Gasteiger partial charge on any atom is 0.255 e. The molecule has 0 spiro atoms. The number of hydrogen-bond donors (Lipinski definition) is 2. The van der Waals surface area contributed by atoms with Crippen molar-refractivity contribution in [1.29, 1.82) is 0 Å². The van der Waals surface area contributed by atoms with Crippen LogP contribution in [0.4, 0.5) is 10.1 Å². The van der Waals surface area contributed by atoms with Crippen molar-refractivity contribution in [2.45, 2.75) is 39.7 Å². The van der Waals surface area contributed by atoms with Crippen LogP contribution in [-0.4, -0.2) is 25.7 Å². The summed E-state index contributed by atoms with van der Waals surface area (Å²) >= 11 is 0. The molecule has 1 aliphatic heterocycles. The highest BCUT2D eigenvalue weighted by molar-refractivity contribution is 6.04. The van der Waals surface area contributed by atoms with Gasteiger partial charge in [0.2, 0.25) is 0 Å². The molecule has 0 fully saturated rings. The van der Waals surface area contributed by atoms with Crippen molar-refractivity contribution in [2.24, 2.45) is 0 Å². The standard InChI is InChI=1S/C22H27FN2O3.ClH/c1-3-11-27-19-8-6-15(13-20(19)28-12-4-2)22(26)25-18-7-5-16-14-24-10-9-17(16)21(18)23;/h5-8,13,24H,3-4,9-12,14H2,1-2H3,(H,25,26);1H. The smallest absolute Gasteiger partial charge is 0.255 e. The molecule has 2 N–H and O–H groups in total. The van der Waals surface area contributed by atoms with Crippen molar-refractivity contribution in [3.8, 4) is 11.5 Å². The molecule has 1 heterocycles. The third kappa shape index (κ3) is 5.61. The third-order valence-electron chi connectivity index (χ3n) is 4.58. The number of carbonyl (C=O) groups excluding carboxylic acids is 1. The van der Waals surface area contributed by atoms with Crippen LogP contribution < -0.4 is 20.1 Å². The molecule has 1 aliphatic rings. The van der Waals surface area contributed by atoms with E-state index in [1.807, 2.05) is 19.9 Å². The highest BCUT2D eigenvalue weighted by Crippen LogP contribution is 2.30. The first-order valence-corrected chi connectivity index (χ1v) is 9.86. The second-order valence-corrected chi connectivity index (χ2v) is 6.80. The minimum atomic E-state index is -0.379. The minimum Gasteiger partial charge on any atom is -0.490 e. The average molecular weight is 423 g/mol. The van der Waals surface area contributed by atoms with E-state index < -0.39 is 0 Å². The monoisotopic (exact) mass is 422 g/mol. The largest absolute Gasteiger partial charge is 0.490 e. The van der Waals surface area contributed by atoms with E-state index in [4.69, 9.17) is 9.47 Å². The van der Waals surface area contributed by atoms with Crippen molar-refractivity contribution in [1.82, 2.24) is 5.32 Å². The second kappa shape index (κ2) is 11.0. The van der Waals surface area contributed by atoms with E-state index in [2.05, 4.69) is 10.6 Å². The molecule has 0 bridgehead atoms. The van der Waals surface area contributed by atoms with Crippen LogP contribution in [0.2, 0.25) is 0 Å². The topological polar surface area (TPSA) is 59.6 Å². The summed E-state index contributed by atoms with van der Waals surface area (Å²) in [5.41, 5.74) is 2.21. The van der Waals surface area contributed by atoms with E-state index in [0.717, 1.165) is 24.9 Å². The van der Waals surface area contributed by atoms with Gasteiger partial charge in [-0.25, -0.2) is 4.39 Å². The molecular formula is C22H28ClFN2O3. The Hall–Kier alpha value is -2.31. The summed E-state index contributed by atoms with van der Waals surface area (Å²) in [4.78, 5) is 12.7. The van der Waals surface area contributed by atoms with E-state index in [-0.39, 0.29) is 29.8 Å². The molecule has 2 aromatic rings. The molecule has 0 saturated carbocycles. The zero-order valence-corrected chi connectivity index (χ0v) is 17.7. The Labute approximate surface area is 177 Å². The van der Waals surface area contributed by atoms with Crippen LogP contribution in [0.3, 0.4) is 0 Å². The Morgan fingerprint density at radius 3 is 2.55 bits per heavy atom. The number of nitrogens with one attached hydrogen (secondary N) is 2. The van der Waals surface area contributed by atoms with Crippen LogP contribution in [0, 0.1) is 5.82 Å². The molecule has 0 atom stereocenters. The zero-order chi connectivity index (χ0) is 19.9. The predicted molar refractivity (Wildman–Crippen MR) is 115 cm³/mol. The molecule has 0 aliphatic carbocycles. The molecular weight excluding hydrogens is 395 g/mol. The summed E-state index contributed by atoms with van der Waals surface area (Å²) in [6.07, 6.45) is 2.34. The molecule has 5 nitrogen and oxygen atoms in total. The molecule has 158 valence electrons. The van der Waals surface area contributed by atoms with E-state index in [1.54, 1.807) is 24.3 Å². The van der Waals surface area contributed by atoms with Crippen LogP contribution in [0.1, 0.15) is 48.2 Å². The molecule has 0 unspecified atom stereocenters. The Balaban J connectivity index is 0.00000300. The summed E-state index contributed by atoms with van der Waals surface area (Å²) in [6, 6.07) is 8.52. The lowest BCUT2D eigenvalue weighted by Crippen LogP contribution is -2.25. The van der Waals surface area contributed by atoms with Gasteiger partial charge >= 0.3 is 0 Å². The van der Waals surface area contributed by atoms with Crippen LogP contribution in [0.15, 0.2) is 30.3 Å². The molecule has 0 radical (unpaired) electrons. The Morgan fingerprint density at radius 2 is 1.83 bits per heavy atom. The summed E-state index contributed by atoms with van der Waals surface area (Å²) in [5, 5.41) is 5.91. The molecule has 1 amide bonds. The third-order valence-corrected chi connectivity index (χ3v) is 4.58. The fraction of sp³-hybridized carbons (Fsp3) is 0.409. The molecule has 0 aromatic heterocycles. The van der Waals surface area contributed by atoms with E-state index in [1.165, 1.54) is 0 Å². The second-order valence-electron chi connectivity index (χ2n) is 6.80. The number of benzene rings is 2. The van der Waals surface area contributed by atoms with Gasteiger partial charge in [0.05, 0.1) is 18.9 Å². The van der Waals surface area contributed by atoms with Crippen LogP contribution in [0.25, 0.3) is 0 Å². The van der Waals surface area contributed by atoms with Gasteiger partial charge < -0.3 is 20.1 Å². The fourth-order valence-corrected chi connectivity index (χ4v) is 3.13. The van der Waals surface area contributed by atoms with Gasteiger partial charge in [-0.3, -0.25) is 4.79 Å². The predicted octanol–water partition coefficient (Wildman–Crippen LogP) is 4.72. The first kappa shape index (κ1) is 23.0. The van der Waals surface area contributed by atoms with Crippen LogP contribution in [-0.2, 0) is 13.0 Å². The van der Waals surface area contributed by atoms with Gasteiger partial charge in [0.25, 0.3) is 5.91 Å². The number of amides is 1. The van der Waals surface area contributed by atoms with Gasteiger partial charge in [-0.1, -0.05) is 19.9 Å². The van der Waals surface area contributed by atoms with Crippen molar-refractivity contribution in [3.05, 3.63) is 52.8 Å². The number of ether oxygens (including phenoxy) is 2. The van der Waals surface area contributed by atoms with Crippen LogP contribution in [0.5, 0.6) is 11.5 Å². The van der Waals surface area contributed by atoms with Gasteiger partial charge in [-0.15, -0.1) is 12.4 Å². The lowest BCUT2D eigenvalue weighted by atomic mass is 9.99. The molecule has 7 heteroatoms. The number of carbonyl (C=O) groups is 1. The summed E-state index contributed by atoms with van der Waals surface area (Å²) < 4.78 is 26.2. The van der Waals surface area contributed by atoms with Crippen molar-refractivity contribution in [2.75, 3.05) is 25.1 Å². The fourth-order valence-electron chi connectivity index (χ4n) is 3.13. The molecule has 3 rings (SSSR count). The Kier molecular flexibility index (Phi) is 8.73. The number of hydrogen-bond acceptors (Lipinski definition) is 4. The van der Waals surface area contributed by atoms with Gasteiger partial charge in [-0.2, -0.15) is 0 Å². The molecule has 2 aromatic carbocycles. The molecule has 0 saturated heterocycles. The first-order chi connectivity index (χ1) is 13.6. The van der Waals surface area contributed by atoms with Crippen molar-refractivity contribution < 1.29 is 18.7 Å². The highest BCUT2D eigenvalue weighted by Gasteiger charge is 2.19. The number of fused-ring (bicyclic) bond motifs is 1. The van der Waals surface area contributed by atoms with Crippen molar-refractivity contribution >= 4 is 24.0 Å². The maximum absolute atomic E-state index is 14.8. The lowest BCUT2D eigenvalue weighted by Gasteiger charge is -2.19. The quantitative estimate of drug-likeness (QED) is 0.646. The summed E-state index contributed by atoms with van der Waals surface area (Å²) in [7, 11) is 0. The Morgan fingerprint density at radius 1 is 1.10 bits per heavy atom. The van der Waals surface area contributed by atoms with E-state index in [9.17, 15) is 9.18 Å². The number of halogens is 2. The minimum absolute atomic E-state index is 0. The van der Waals surface area contributed by atoms with E-state index >= 15 is 0 Å². The summed E-state index contributed by atoms with van der Waals surface area (Å²) in [5.74, 6) is 0.410. The highest BCUT2D eigenvalue weighted by atomic mass is 35.5. The first-order valence-electron chi connectivity index (χ1n) is 9.86. The van der Waals surface area contributed by atoms with Gasteiger partial charge in [0.1, 0.15) is 5.82 Å². The van der Waals surface area contributed by atoms with Crippen molar-refractivity contribution in [3.63, 3.8) is 0 Å². The number of anilines is 1. The van der Waals surface area contributed by atoms with E-state index in [0.29, 0.717) is 48.8 Å². The lowest BCUT2D eigenvalue weighted by molar-refractivity contribution is 0.102. The normalized spacial score (nSPS) is 12.5. The SMILES string of the molecule is CCCOc1ccc(C(=O)Nc2ccc3c(c2F)CCNC3)cc1OCCC.Cl. The molecule has 29 heavy (non-hydrogen) atoms. The van der Waals surface area contributed by atoms with Gasteiger partial charge in [0, 0.05) is 12.1 Å². The van der Waals surface area contributed by atoms with Gasteiger partial charge in [-0.05, 0) is 61.2 Å². The van der Waals surface area contributed by atoms with Gasteiger partial charge in [0.15, 0.2) is 11.5 Å². The zero-order valence-electron chi connectivity index (χ0n) is 16.8. The maximum atomic E-state index is 14.8. The van der Waals surface area contributed by atoms with Crippen LogP contribution >= 0.6 is 12.4 Å². The Bertz CT molecular complexity index is 845. The average Bonchev–Trinajstić information content (AvgIpc) is 2.73.